The molecule has 0 spiro atoms. The summed E-state index contributed by atoms with van der Waals surface area (Å²) >= 11 is 0. The first-order valence-electron chi connectivity index (χ1n) is 10.7. The molecule has 4 fully saturated rings. The first-order valence-corrected chi connectivity index (χ1v) is 10.7. The maximum absolute atomic E-state index is 12.4. The standard InChI is InChI=1S/C22H25N3O5/c26-18(30-25-19(27)16-3-1-2-4-17(16)20(25)28)5-6-23-21(29)24-22-10-13-7-14(11-22)9-15(8-13)12-22/h1-4,13-15H,5-12H2,(H2,23,24,29). The van der Waals surface area contributed by atoms with E-state index in [1.165, 1.54) is 31.4 Å². The van der Waals surface area contributed by atoms with Crippen molar-refractivity contribution >= 4 is 23.8 Å². The molecule has 0 atom stereocenters. The normalized spacial score (nSPS) is 30.9. The van der Waals surface area contributed by atoms with E-state index < -0.39 is 17.8 Å². The molecule has 6 rings (SSSR count). The lowest BCUT2D eigenvalue weighted by molar-refractivity contribution is -0.168. The van der Waals surface area contributed by atoms with Crippen molar-refractivity contribution in [1.82, 2.24) is 15.7 Å². The first kappa shape index (κ1) is 19.1. The number of benzene rings is 1. The minimum Gasteiger partial charge on any atom is -0.338 e. The molecule has 0 unspecified atom stereocenters. The number of fused-ring (bicyclic) bond motifs is 1. The molecule has 4 saturated carbocycles. The number of hydrogen-bond donors (Lipinski definition) is 2. The number of hydroxylamine groups is 2. The van der Waals surface area contributed by atoms with Crippen molar-refractivity contribution in [3.05, 3.63) is 35.4 Å². The Morgan fingerprint density at radius 1 is 0.967 bits per heavy atom. The molecule has 1 aliphatic heterocycles. The molecular weight excluding hydrogens is 386 g/mol. The van der Waals surface area contributed by atoms with Gasteiger partial charge in [0.1, 0.15) is 0 Å². The summed E-state index contributed by atoms with van der Waals surface area (Å²) in [6.07, 6.45) is 6.91. The zero-order valence-electron chi connectivity index (χ0n) is 16.7. The highest BCUT2D eigenvalue weighted by molar-refractivity contribution is 6.20. The molecule has 8 nitrogen and oxygen atoms in total. The van der Waals surface area contributed by atoms with Crippen LogP contribution in [-0.4, -0.2) is 41.0 Å². The number of imide groups is 1. The van der Waals surface area contributed by atoms with E-state index in [4.69, 9.17) is 4.84 Å². The largest absolute Gasteiger partial charge is 0.338 e. The number of nitrogens with one attached hydrogen (secondary N) is 2. The molecule has 30 heavy (non-hydrogen) atoms. The van der Waals surface area contributed by atoms with Crippen LogP contribution in [0.15, 0.2) is 24.3 Å². The minimum atomic E-state index is -0.750. The average Bonchev–Trinajstić information content (AvgIpc) is 2.92. The second-order valence-corrected chi connectivity index (χ2v) is 9.24. The van der Waals surface area contributed by atoms with Gasteiger partial charge in [0.25, 0.3) is 11.8 Å². The molecule has 0 aromatic heterocycles. The maximum atomic E-state index is 12.4. The Bertz CT molecular complexity index is 857. The summed E-state index contributed by atoms with van der Waals surface area (Å²) in [6, 6.07) is 6.04. The van der Waals surface area contributed by atoms with Gasteiger partial charge in [-0.1, -0.05) is 17.2 Å². The number of carbonyl (C=O) groups excluding carboxylic acids is 4. The van der Waals surface area contributed by atoms with Crippen molar-refractivity contribution in [3.63, 3.8) is 0 Å². The number of amides is 4. The summed E-state index contributed by atoms with van der Waals surface area (Å²) in [5.74, 6) is 0.121. The summed E-state index contributed by atoms with van der Waals surface area (Å²) in [6.45, 7) is 0.0696. The van der Waals surface area contributed by atoms with Crippen LogP contribution in [0.2, 0.25) is 0 Å². The quantitative estimate of drug-likeness (QED) is 0.724. The molecule has 2 N–H and O–H groups in total. The van der Waals surface area contributed by atoms with Gasteiger partial charge >= 0.3 is 12.0 Å². The van der Waals surface area contributed by atoms with Crippen molar-refractivity contribution < 1.29 is 24.0 Å². The van der Waals surface area contributed by atoms with Gasteiger partial charge < -0.3 is 15.5 Å². The fraction of sp³-hybridized carbons (Fsp3) is 0.545. The van der Waals surface area contributed by atoms with Gasteiger partial charge in [-0.05, 0) is 68.4 Å². The van der Waals surface area contributed by atoms with Gasteiger partial charge in [0.15, 0.2) is 0 Å². The van der Waals surface area contributed by atoms with E-state index in [9.17, 15) is 19.2 Å². The Morgan fingerprint density at radius 2 is 1.50 bits per heavy atom. The smallest absolute Gasteiger partial charge is 0.335 e. The van der Waals surface area contributed by atoms with E-state index in [0.29, 0.717) is 5.06 Å². The molecule has 4 aliphatic carbocycles. The van der Waals surface area contributed by atoms with Gasteiger partial charge in [0, 0.05) is 12.1 Å². The summed E-state index contributed by atoms with van der Waals surface area (Å²) in [5.41, 5.74) is 0.325. The average molecular weight is 411 g/mol. The number of carbonyl (C=O) groups is 4. The van der Waals surface area contributed by atoms with Crippen LogP contribution < -0.4 is 10.6 Å². The lowest BCUT2D eigenvalue weighted by Gasteiger charge is -2.56. The van der Waals surface area contributed by atoms with E-state index in [-0.39, 0.29) is 35.7 Å². The molecule has 8 heteroatoms. The summed E-state index contributed by atoms with van der Waals surface area (Å²) < 4.78 is 0. The van der Waals surface area contributed by atoms with E-state index in [0.717, 1.165) is 37.0 Å². The van der Waals surface area contributed by atoms with Crippen molar-refractivity contribution in [2.24, 2.45) is 17.8 Å². The zero-order chi connectivity index (χ0) is 20.9. The van der Waals surface area contributed by atoms with Crippen LogP contribution in [0, 0.1) is 17.8 Å². The van der Waals surface area contributed by atoms with Crippen molar-refractivity contribution in [1.29, 1.82) is 0 Å². The molecule has 0 saturated heterocycles. The highest BCUT2D eigenvalue weighted by Gasteiger charge is 2.51. The summed E-state index contributed by atoms with van der Waals surface area (Å²) in [7, 11) is 0. The van der Waals surface area contributed by atoms with E-state index in [1.807, 2.05) is 0 Å². The minimum absolute atomic E-state index is 0.0696. The highest BCUT2D eigenvalue weighted by atomic mass is 16.7. The maximum Gasteiger partial charge on any atom is 0.335 e. The second kappa shape index (κ2) is 7.11. The molecule has 1 aromatic rings. The third-order valence-corrected chi connectivity index (χ3v) is 6.98. The third-order valence-electron chi connectivity index (χ3n) is 6.98. The third kappa shape index (κ3) is 3.34. The molecule has 4 bridgehead atoms. The van der Waals surface area contributed by atoms with Gasteiger partial charge in [0.2, 0.25) is 0 Å². The number of rotatable bonds is 5. The monoisotopic (exact) mass is 411 g/mol. The lowest BCUT2D eigenvalue weighted by Crippen LogP contribution is -2.61. The van der Waals surface area contributed by atoms with Crippen LogP contribution >= 0.6 is 0 Å². The van der Waals surface area contributed by atoms with Gasteiger partial charge in [-0.3, -0.25) is 9.59 Å². The Kier molecular flexibility index (Phi) is 4.52. The SMILES string of the molecule is O=C(NCCC(=O)ON1C(=O)c2ccccc2C1=O)NC12CC3CC(CC(C3)C1)C2. The van der Waals surface area contributed by atoms with Crippen LogP contribution in [0.4, 0.5) is 4.79 Å². The van der Waals surface area contributed by atoms with Gasteiger partial charge in [0.05, 0.1) is 17.5 Å². The van der Waals surface area contributed by atoms with Crippen molar-refractivity contribution in [3.8, 4) is 0 Å². The Morgan fingerprint density at radius 3 is 2.03 bits per heavy atom. The molecule has 158 valence electrons. The Hall–Kier alpha value is -2.90. The molecular formula is C22H25N3O5. The van der Waals surface area contributed by atoms with Crippen LogP contribution in [0.25, 0.3) is 0 Å². The Labute approximate surface area is 174 Å². The van der Waals surface area contributed by atoms with E-state index >= 15 is 0 Å². The number of urea groups is 1. The topological polar surface area (TPSA) is 105 Å². The summed E-state index contributed by atoms with van der Waals surface area (Å²) in [4.78, 5) is 53.9. The number of hydrogen-bond acceptors (Lipinski definition) is 5. The van der Waals surface area contributed by atoms with E-state index in [1.54, 1.807) is 12.1 Å². The van der Waals surface area contributed by atoms with Crippen LogP contribution in [0.1, 0.15) is 65.7 Å². The molecule has 4 amide bonds. The number of nitrogens with zero attached hydrogens (tertiary/aromatic N) is 1. The fourth-order valence-corrected chi connectivity index (χ4v) is 6.22. The van der Waals surface area contributed by atoms with Crippen molar-refractivity contribution in [2.45, 2.75) is 50.5 Å². The van der Waals surface area contributed by atoms with Crippen molar-refractivity contribution in [2.75, 3.05) is 6.54 Å². The lowest BCUT2D eigenvalue weighted by atomic mass is 9.53. The predicted molar refractivity (Wildman–Crippen MR) is 105 cm³/mol. The van der Waals surface area contributed by atoms with Crippen LogP contribution in [0.5, 0.6) is 0 Å². The van der Waals surface area contributed by atoms with Gasteiger partial charge in [-0.15, -0.1) is 0 Å². The van der Waals surface area contributed by atoms with Crippen LogP contribution in [0.3, 0.4) is 0 Å². The van der Waals surface area contributed by atoms with Gasteiger partial charge in [-0.2, -0.15) is 0 Å². The second-order valence-electron chi connectivity index (χ2n) is 9.24. The highest BCUT2D eigenvalue weighted by Crippen LogP contribution is 2.55. The molecule has 5 aliphatic rings. The molecule has 1 heterocycles. The predicted octanol–water partition coefficient (Wildman–Crippen LogP) is 2.40. The summed E-state index contributed by atoms with van der Waals surface area (Å²) in [5, 5.41) is 6.38. The zero-order valence-corrected chi connectivity index (χ0v) is 16.7. The first-order chi connectivity index (χ1) is 14.4. The molecule has 1 aromatic carbocycles. The molecule has 0 radical (unpaired) electrons. The Balaban J connectivity index is 1.09. The van der Waals surface area contributed by atoms with Gasteiger partial charge in [-0.25, -0.2) is 9.59 Å². The van der Waals surface area contributed by atoms with Crippen LogP contribution in [-0.2, 0) is 9.63 Å². The fourth-order valence-electron chi connectivity index (χ4n) is 6.22. The van der Waals surface area contributed by atoms with E-state index in [2.05, 4.69) is 10.6 Å².